The van der Waals surface area contributed by atoms with Crippen molar-refractivity contribution in [1.82, 2.24) is 0 Å². The maximum absolute atomic E-state index is 13.5. The molecule has 0 fully saturated rings. The van der Waals surface area contributed by atoms with Gasteiger partial charge in [-0.3, -0.25) is 4.79 Å². The van der Waals surface area contributed by atoms with Crippen LogP contribution in [0.15, 0.2) is 87.6 Å². The molecule has 1 aliphatic rings. The number of carbonyl (C=O) groups excluding carboxylic acids is 1. The highest BCUT2D eigenvalue weighted by Gasteiger charge is 2.35. The van der Waals surface area contributed by atoms with Gasteiger partial charge in [-0.05, 0) is 52.6 Å². The van der Waals surface area contributed by atoms with Crippen molar-refractivity contribution < 1.29 is 4.79 Å². The first-order valence-corrected chi connectivity index (χ1v) is 13.0. The lowest BCUT2D eigenvalue weighted by Gasteiger charge is -2.31. The number of fused-ring (bicyclic) bond motifs is 1. The van der Waals surface area contributed by atoms with E-state index in [1.165, 1.54) is 0 Å². The molecule has 0 aliphatic heterocycles. The Balaban J connectivity index is 2.02. The van der Waals surface area contributed by atoms with Crippen LogP contribution in [0.3, 0.4) is 0 Å². The quantitative estimate of drug-likeness (QED) is 0.315. The van der Waals surface area contributed by atoms with Crippen LogP contribution in [0.2, 0.25) is 10.0 Å². The minimum absolute atomic E-state index is 0.0792. The zero-order valence-corrected chi connectivity index (χ0v) is 23.1. The summed E-state index contributed by atoms with van der Waals surface area (Å²) in [6.45, 7) is 12.4. The number of allylic oxidation sites excluding steroid dienone is 5. The monoisotopic (exact) mass is 522 g/mol. The molecule has 1 heterocycles. The minimum Gasteiger partial charge on any atom is -0.289 e. The first-order chi connectivity index (χ1) is 16.4. The van der Waals surface area contributed by atoms with Crippen LogP contribution >= 0.6 is 34.5 Å². The molecule has 0 unspecified atom stereocenters. The van der Waals surface area contributed by atoms with Crippen LogP contribution in [0, 0.1) is 10.8 Å². The van der Waals surface area contributed by atoms with Crippen molar-refractivity contribution >= 4 is 61.8 Å². The van der Waals surface area contributed by atoms with Crippen molar-refractivity contribution in [1.29, 1.82) is 0 Å². The number of hydrogen-bond donors (Lipinski definition) is 0. The van der Waals surface area contributed by atoms with Crippen molar-refractivity contribution in [2.24, 2.45) is 21.1 Å². The van der Waals surface area contributed by atoms with Gasteiger partial charge < -0.3 is 0 Å². The van der Waals surface area contributed by atoms with Crippen molar-refractivity contribution in [2.45, 2.75) is 41.5 Å². The zero-order chi connectivity index (χ0) is 25.5. The number of Topliss-reactive ketones (excluding diaryl/α,β-unsaturated/α-hetero) is 1. The number of ketones is 1. The Morgan fingerprint density at radius 3 is 1.94 bits per heavy atom. The second kappa shape index (κ2) is 9.50. The highest BCUT2D eigenvalue weighted by molar-refractivity contribution is 7.20. The highest BCUT2D eigenvalue weighted by atomic mass is 35.5. The number of hydrogen-bond acceptors (Lipinski definition) is 4. The lowest BCUT2D eigenvalue weighted by atomic mass is 9.71. The Labute approximate surface area is 220 Å². The van der Waals surface area contributed by atoms with E-state index >= 15 is 0 Å². The molecule has 0 atom stereocenters. The summed E-state index contributed by atoms with van der Waals surface area (Å²) in [7, 11) is 0. The maximum Gasteiger partial charge on any atom is 0.186 e. The first kappa shape index (κ1) is 25.6. The summed E-state index contributed by atoms with van der Waals surface area (Å²) in [6.07, 6.45) is 3.93. The average Bonchev–Trinajstić information content (AvgIpc) is 3.18. The van der Waals surface area contributed by atoms with Gasteiger partial charge in [0.2, 0.25) is 0 Å². The second-order valence-corrected chi connectivity index (χ2v) is 12.6. The van der Waals surface area contributed by atoms with Gasteiger partial charge in [0.15, 0.2) is 5.78 Å². The average molecular weight is 524 g/mol. The van der Waals surface area contributed by atoms with E-state index < -0.39 is 0 Å². The van der Waals surface area contributed by atoms with E-state index in [0.717, 1.165) is 31.7 Å². The van der Waals surface area contributed by atoms with E-state index in [2.05, 4.69) is 64.9 Å². The number of thiophene rings is 1. The molecule has 3 nitrogen and oxygen atoms in total. The van der Waals surface area contributed by atoms with E-state index in [4.69, 9.17) is 28.3 Å². The molecule has 0 N–H and O–H groups in total. The van der Waals surface area contributed by atoms with Gasteiger partial charge in [-0.2, -0.15) is 0 Å². The third-order valence-electron chi connectivity index (χ3n) is 5.82. The van der Waals surface area contributed by atoms with Gasteiger partial charge in [-0.25, -0.2) is 0 Å². The van der Waals surface area contributed by atoms with E-state index in [0.29, 0.717) is 21.4 Å². The summed E-state index contributed by atoms with van der Waals surface area (Å²) in [5.41, 5.74) is 2.79. The largest absolute Gasteiger partial charge is 0.289 e. The Morgan fingerprint density at radius 2 is 1.40 bits per heavy atom. The van der Waals surface area contributed by atoms with Crippen LogP contribution in [-0.2, 0) is 4.79 Å². The lowest BCUT2D eigenvalue weighted by Crippen LogP contribution is -2.28. The molecule has 0 saturated heterocycles. The van der Waals surface area contributed by atoms with Gasteiger partial charge in [0.25, 0.3) is 0 Å². The topological polar surface area (TPSA) is 41.8 Å². The third-order valence-corrected chi connectivity index (χ3v) is 7.56. The van der Waals surface area contributed by atoms with Crippen molar-refractivity contribution in [2.75, 3.05) is 0 Å². The fourth-order valence-corrected chi connectivity index (χ4v) is 5.45. The summed E-state index contributed by atoms with van der Waals surface area (Å²) in [6, 6.07) is 15.6. The molecule has 2 aromatic carbocycles. The normalized spacial score (nSPS) is 15.1. The van der Waals surface area contributed by atoms with E-state index in [1.807, 2.05) is 24.3 Å². The molecule has 6 heteroatoms. The summed E-state index contributed by atoms with van der Waals surface area (Å²) < 4.78 is 1.15. The molecular formula is C29H28Cl2N2OS. The van der Waals surface area contributed by atoms with E-state index in [-0.39, 0.29) is 16.6 Å². The van der Waals surface area contributed by atoms with E-state index in [1.54, 1.807) is 29.5 Å². The SMILES string of the molecule is CC(C)(C)C1=CC(=C(N=Nc2c(Cl)cccc2Cl)c2cc3ccccc3s2)C=C(C(C)(C)C)C1=O. The molecule has 3 aromatic rings. The lowest BCUT2D eigenvalue weighted by molar-refractivity contribution is -0.114. The molecule has 0 saturated carbocycles. The minimum atomic E-state index is -0.332. The van der Waals surface area contributed by atoms with Crippen LogP contribution in [0.5, 0.6) is 0 Å². The second-order valence-electron chi connectivity index (χ2n) is 10.7. The van der Waals surface area contributed by atoms with Gasteiger partial charge in [-0.15, -0.1) is 21.6 Å². The molecular weight excluding hydrogens is 495 g/mol. The Kier molecular flexibility index (Phi) is 6.93. The Bertz CT molecular complexity index is 1350. The fourth-order valence-electron chi connectivity index (χ4n) is 3.91. The van der Waals surface area contributed by atoms with Crippen LogP contribution in [0.25, 0.3) is 15.8 Å². The molecule has 35 heavy (non-hydrogen) atoms. The zero-order valence-electron chi connectivity index (χ0n) is 20.7. The van der Waals surface area contributed by atoms with Crippen LogP contribution in [0.1, 0.15) is 46.4 Å². The number of azo groups is 1. The number of halogens is 2. The standard InChI is InChI=1S/C29H28Cl2N2OS/c1-28(2,3)19-14-18(15-20(27(19)34)29(4,5)6)25(24-16-17-10-7-8-13-23(17)35-24)32-33-26-21(30)11-9-12-22(26)31/h7-16H,1-6H3. The number of carbonyl (C=O) groups is 1. The summed E-state index contributed by atoms with van der Waals surface area (Å²) in [4.78, 5) is 14.4. The molecule has 4 rings (SSSR count). The Morgan fingerprint density at radius 1 is 0.829 bits per heavy atom. The molecule has 0 amide bonds. The number of rotatable bonds is 3. The highest BCUT2D eigenvalue weighted by Crippen LogP contribution is 2.43. The summed E-state index contributed by atoms with van der Waals surface area (Å²) in [5, 5.41) is 11.2. The van der Waals surface area contributed by atoms with Crippen LogP contribution in [0.4, 0.5) is 5.69 Å². The Hall–Kier alpha value is -2.53. The number of benzene rings is 2. The van der Waals surface area contributed by atoms with Gasteiger partial charge in [0.1, 0.15) is 11.4 Å². The molecule has 0 spiro atoms. The molecule has 1 aromatic heterocycles. The molecule has 0 bridgehead atoms. The van der Waals surface area contributed by atoms with Crippen molar-refractivity contribution in [3.05, 3.63) is 92.3 Å². The fraction of sp³-hybridized carbons (Fsp3) is 0.276. The third kappa shape index (κ3) is 5.35. The first-order valence-electron chi connectivity index (χ1n) is 11.4. The summed E-state index contributed by atoms with van der Waals surface area (Å²) >= 11 is 14.4. The molecule has 0 radical (unpaired) electrons. The van der Waals surface area contributed by atoms with Gasteiger partial charge in [0, 0.05) is 21.4 Å². The number of nitrogens with zero attached hydrogens (tertiary/aromatic N) is 2. The smallest absolute Gasteiger partial charge is 0.186 e. The van der Waals surface area contributed by atoms with Gasteiger partial charge in [0.05, 0.1) is 14.9 Å². The van der Waals surface area contributed by atoms with Crippen molar-refractivity contribution in [3.8, 4) is 0 Å². The van der Waals surface area contributed by atoms with Gasteiger partial charge >= 0.3 is 0 Å². The predicted octanol–water partition coefficient (Wildman–Crippen LogP) is 10.2. The maximum atomic E-state index is 13.5. The molecule has 1 aliphatic carbocycles. The molecule has 180 valence electrons. The van der Waals surface area contributed by atoms with Crippen LogP contribution < -0.4 is 0 Å². The van der Waals surface area contributed by atoms with E-state index in [9.17, 15) is 4.79 Å². The van der Waals surface area contributed by atoms with Gasteiger partial charge in [-0.1, -0.05) is 89.0 Å². The van der Waals surface area contributed by atoms with Crippen molar-refractivity contribution in [3.63, 3.8) is 0 Å². The predicted molar refractivity (Wildman–Crippen MR) is 150 cm³/mol. The van der Waals surface area contributed by atoms with Crippen LogP contribution in [-0.4, -0.2) is 5.78 Å². The summed E-state index contributed by atoms with van der Waals surface area (Å²) in [5.74, 6) is 0.0792.